The molecule has 3 aromatic rings. The molecular weight excluding hydrogens is 354 g/mol. The molecule has 0 unspecified atom stereocenters. The van der Waals surface area contributed by atoms with Crippen LogP contribution in [0.1, 0.15) is 13.8 Å². The molecule has 118 valence electrons. The van der Waals surface area contributed by atoms with Gasteiger partial charge in [-0.3, -0.25) is 0 Å². The van der Waals surface area contributed by atoms with E-state index in [2.05, 4.69) is 39.7 Å². The topological polar surface area (TPSA) is 49.2 Å². The van der Waals surface area contributed by atoms with Crippen molar-refractivity contribution in [1.82, 2.24) is 9.97 Å². The first-order chi connectivity index (χ1) is 11.1. The van der Waals surface area contributed by atoms with Gasteiger partial charge in [-0.2, -0.15) is 0 Å². The molecule has 1 N–H and O–H groups in total. The summed E-state index contributed by atoms with van der Waals surface area (Å²) in [4.78, 5) is 11.6. The molecule has 23 heavy (non-hydrogen) atoms. The quantitative estimate of drug-likeness (QED) is 0.727. The molecule has 1 heterocycles. The second-order valence-electron chi connectivity index (χ2n) is 5.22. The highest BCUT2D eigenvalue weighted by atomic mass is 79.9. The molecule has 3 rings (SSSR count). The Morgan fingerprint density at radius 1 is 1.04 bits per heavy atom. The van der Waals surface area contributed by atoms with Crippen LogP contribution in [0.2, 0.25) is 0 Å². The van der Waals surface area contributed by atoms with Crippen LogP contribution in [0.5, 0.6) is 5.75 Å². The Kier molecular flexibility index (Phi) is 4.48. The summed E-state index contributed by atoms with van der Waals surface area (Å²) in [5.74, 6) is 1.62. The fourth-order valence-corrected chi connectivity index (χ4v) is 2.99. The maximum absolute atomic E-state index is 10.1. The standard InChI is InChI=1S/C18H18BrN3O/c1-3-22(4-2)18-14-11-12(19)9-10-15(14)20-17(21-18)13-7-5-6-8-16(13)23/h5-11,23H,3-4H2,1-2H3. The summed E-state index contributed by atoms with van der Waals surface area (Å²) >= 11 is 3.52. The van der Waals surface area contributed by atoms with Gasteiger partial charge in [0.15, 0.2) is 5.82 Å². The van der Waals surface area contributed by atoms with E-state index in [0.717, 1.165) is 34.3 Å². The molecule has 4 nitrogen and oxygen atoms in total. The number of nitrogens with zero attached hydrogens (tertiary/aromatic N) is 3. The van der Waals surface area contributed by atoms with E-state index < -0.39 is 0 Å². The number of aromatic nitrogens is 2. The van der Waals surface area contributed by atoms with Gasteiger partial charge in [-0.1, -0.05) is 28.1 Å². The van der Waals surface area contributed by atoms with E-state index in [1.807, 2.05) is 30.3 Å². The first-order valence-electron chi connectivity index (χ1n) is 7.64. The van der Waals surface area contributed by atoms with E-state index in [9.17, 15) is 5.11 Å². The van der Waals surface area contributed by atoms with Crippen molar-refractivity contribution in [3.05, 3.63) is 46.9 Å². The van der Waals surface area contributed by atoms with E-state index >= 15 is 0 Å². The van der Waals surface area contributed by atoms with E-state index in [0.29, 0.717) is 11.4 Å². The Hall–Kier alpha value is -2.14. The highest BCUT2D eigenvalue weighted by Gasteiger charge is 2.15. The molecule has 0 spiro atoms. The van der Waals surface area contributed by atoms with Gasteiger partial charge in [0.05, 0.1) is 11.1 Å². The molecule has 0 atom stereocenters. The molecule has 0 saturated heterocycles. The summed E-state index contributed by atoms with van der Waals surface area (Å²) in [5.41, 5.74) is 1.51. The fourth-order valence-electron chi connectivity index (χ4n) is 2.63. The van der Waals surface area contributed by atoms with E-state index in [4.69, 9.17) is 4.98 Å². The number of aromatic hydroxyl groups is 1. The predicted molar refractivity (Wildman–Crippen MR) is 97.9 cm³/mol. The smallest absolute Gasteiger partial charge is 0.165 e. The van der Waals surface area contributed by atoms with Gasteiger partial charge in [0.25, 0.3) is 0 Å². The molecule has 0 aliphatic carbocycles. The minimum Gasteiger partial charge on any atom is -0.507 e. The number of hydrogen-bond acceptors (Lipinski definition) is 4. The lowest BCUT2D eigenvalue weighted by Gasteiger charge is -2.22. The molecule has 1 aromatic heterocycles. The highest BCUT2D eigenvalue weighted by molar-refractivity contribution is 9.10. The molecule has 0 amide bonds. The second kappa shape index (κ2) is 6.54. The third-order valence-electron chi connectivity index (χ3n) is 3.85. The summed E-state index contributed by atoms with van der Waals surface area (Å²) < 4.78 is 0.998. The van der Waals surface area contributed by atoms with Crippen LogP contribution in [0.15, 0.2) is 46.9 Å². The molecular formula is C18H18BrN3O. The van der Waals surface area contributed by atoms with E-state index in [1.54, 1.807) is 12.1 Å². The molecule has 0 fully saturated rings. The molecule has 0 aliphatic heterocycles. The van der Waals surface area contributed by atoms with Crippen molar-refractivity contribution in [2.24, 2.45) is 0 Å². The summed E-state index contributed by atoms with van der Waals surface area (Å²) in [6.45, 7) is 5.93. The number of rotatable bonds is 4. The van der Waals surface area contributed by atoms with Crippen molar-refractivity contribution in [2.45, 2.75) is 13.8 Å². The van der Waals surface area contributed by atoms with Gasteiger partial charge in [-0.15, -0.1) is 0 Å². The lowest BCUT2D eigenvalue weighted by atomic mass is 10.1. The van der Waals surface area contributed by atoms with Crippen LogP contribution in [0.3, 0.4) is 0 Å². The van der Waals surface area contributed by atoms with Crippen LogP contribution in [-0.2, 0) is 0 Å². The number of benzene rings is 2. The first kappa shape index (κ1) is 15.7. The Bertz CT molecular complexity index is 847. The van der Waals surface area contributed by atoms with Crippen molar-refractivity contribution in [2.75, 3.05) is 18.0 Å². The van der Waals surface area contributed by atoms with Gasteiger partial charge in [0.2, 0.25) is 0 Å². The number of hydrogen-bond donors (Lipinski definition) is 1. The number of para-hydroxylation sites is 1. The van der Waals surface area contributed by atoms with Crippen LogP contribution in [0.25, 0.3) is 22.3 Å². The third kappa shape index (κ3) is 3.01. The van der Waals surface area contributed by atoms with Crippen molar-refractivity contribution in [3.63, 3.8) is 0 Å². The zero-order valence-corrected chi connectivity index (χ0v) is 14.7. The van der Waals surface area contributed by atoms with Crippen LogP contribution < -0.4 is 4.90 Å². The summed E-state index contributed by atoms with van der Waals surface area (Å²) in [5, 5.41) is 11.1. The summed E-state index contributed by atoms with van der Waals surface area (Å²) in [7, 11) is 0. The van der Waals surface area contributed by atoms with Gasteiger partial charge in [-0.05, 0) is 44.2 Å². The molecule has 0 radical (unpaired) electrons. The van der Waals surface area contributed by atoms with Gasteiger partial charge >= 0.3 is 0 Å². The zero-order valence-electron chi connectivity index (χ0n) is 13.1. The fraction of sp³-hybridized carbons (Fsp3) is 0.222. The van der Waals surface area contributed by atoms with Crippen molar-refractivity contribution in [3.8, 4) is 17.1 Å². The third-order valence-corrected chi connectivity index (χ3v) is 4.34. The minimum atomic E-state index is 0.189. The van der Waals surface area contributed by atoms with Crippen molar-refractivity contribution < 1.29 is 5.11 Å². The number of fused-ring (bicyclic) bond motifs is 1. The Morgan fingerprint density at radius 2 is 1.78 bits per heavy atom. The summed E-state index contributed by atoms with van der Waals surface area (Å²) in [6.07, 6.45) is 0. The monoisotopic (exact) mass is 371 g/mol. The van der Waals surface area contributed by atoms with Crippen molar-refractivity contribution >= 4 is 32.7 Å². The lowest BCUT2D eigenvalue weighted by Crippen LogP contribution is -2.23. The average molecular weight is 372 g/mol. The molecule has 5 heteroatoms. The Labute approximate surface area is 143 Å². The predicted octanol–water partition coefficient (Wildman–Crippen LogP) is 4.61. The first-order valence-corrected chi connectivity index (χ1v) is 8.44. The van der Waals surface area contributed by atoms with E-state index in [-0.39, 0.29) is 5.75 Å². The number of phenolic OH excluding ortho intramolecular Hbond substituents is 1. The Morgan fingerprint density at radius 3 is 2.48 bits per heavy atom. The minimum absolute atomic E-state index is 0.189. The van der Waals surface area contributed by atoms with Gasteiger partial charge in [0, 0.05) is 22.9 Å². The summed E-state index contributed by atoms with van der Waals surface area (Å²) in [6, 6.07) is 13.1. The molecule has 2 aromatic carbocycles. The van der Waals surface area contributed by atoms with Gasteiger partial charge < -0.3 is 10.0 Å². The second-order valence-corrected chi connectivity index (χ2v) is 6.14. The van der Waals surface area contributed by atoms with Crippen LogP contribution in [-0.4, -0.2) is 28.2 Å². The van der Waals surface area contributed by atoms with Crippen LogP contribution in [0, 0.1) is 0 Å². The zero-order chi connectivity index (χ0) is 16.4. The Balaban J connectivity index is 2.30. The molecule has 0 bridgehead atoms. The van der Waals surface area contributed by atoms with Crippen LogP contribution in [0.4, 0.5) is 5.82 Å². The number of phenols is 1. The SMILES string of the molecule is CCN(CC)c1nc(-c2ccccc2O)nc2ccc(Br)cc12. The largest absolute Gasteiger partial charge is 0.507 e. The lowest BCUT2D eigenvalue weighted by molar-refractivity contribution is 0.477. The number of anilines is 1. The normalized spacial score (nSPS) is 10.9. The maximum Gasteiger partial charge on any atom is 0.165 e. The highest BCUT2D eigenvalue weighted by Crippen LogP contribution is 2.32. The van der Waals surface area contributed by atoms with E-state index in [1.165, 1.54) is 0 Å². The molecule has 0 aliphatic rings. The van der Waals surface area contributed by atoms with Gasteiger partial charge in [0.1, 0.15) is 11.6 Å². The van der Waals surface area contributed by atoms with Crippen LogP contribution >= 0.6 is 15.9 Å². The number of halogens is 1. The van der Waals surface area contributed by atoms with Gasteiger partial charge in [-0.25, -0.2) is 9.97 Å². The molecule has 0 saturated carbocycles. The average Bonchev–Trinajstić information content (AvgIpc) is 2.56. The maximum atomic E-state index is 10.1. The van der Waals surface area contributed by atoms with Crippen molar-refractivity contribution in [1.29, 1.82) is 0 Å².